The summed E-state index contributed by atoms with van der Waals surface area (Å²) < 4.78 is 12.6. The number of hydrogen-bond donors (Lipinski definition) is 0. The molecular formula is C20H20ClN7O2. The molecule has 0 saturated carbocycles. The van der Waals surface area contributed by atoms with Crippen LogP contribution < -0.4 is 4.90 Å². The number of rotatable bonds is 5. The third kappa shape index (κ3) is 3.61. The fourth-order valence-corrected chi connectivity index (χ4v) is 3.92. The van der Waals surface area contributed by atoms with Crippen LogP contribution >= 0.6 is 11.6 Å². The summed E-state index contributed by atoms with van der Waals surface area (Å²) in [5, 5.41) is 9.19. The lowest BCUT2D eigenvalue weighted by Crippen LogP contribution is -2.36. The van der Waals surface area contributed by atoms with Crippen LogP contribution in [0.25, 0.3) is 17.2 Å². The Balaban J connectivity index is 1.41. The van der Waals surface area contributed by atoms with Crippen molar-refractivity contribution in [2.24, 2.45) is 0 Å². The van der Waals surface area contributed by atoms with E-state index in [0.717, 1.165) is 43.0 Å². The van der Waals surface area contributed by atoms with Gasteiger partial charge in [0.15, 0.2) is 0 Å². The SMILES string of the molecule is COCc1cc(N2CCCC(c3nc(-c4ccc(Cl)cc4)no3)C2)n2ncnc2n1. The Kier molecular flexibility index (Phi) is 5.06. The second kappa shape index (κ2) is 8.00. The summed E-state index contributed by atoms with van der Waals surface area (Å²) in [7, 11) is 1.65. The molecule has 1 saturated heterocycles. The summed E-state index contributed by atoms with van der Waals surface area (Å²) in [5.74, 6) is 2.84. The molecule has 4 aromatic rings. The lowest BCUT2D eigenvalue weighted by molar-refractivity contribution is 0.181. The van der Waals surface area contributed by atoms with Crippen LogP contribution in [0.2, 0.25) is 5.02 Å². The van der Waals surface area contributed by atoms with E-state index in [1.165, 1.54) is 6.33 Å². The van der Waals surface area contributed by atoms with Gasteiger partial charge in [-0.1, -0.05) is 16.8 Å². The Hall–Kier alpha value is -3.04. The van der Waals surface area contributed by atoms with E-state index in [1.54, 1.807) is 11.6 Å². The van der Waals surface area contributed by atoms with Gasteiger partial charge in [0.2, 0.25) is 11.7 Å². The highest BCUT2D eigenvalue weighted by molar-refractivity contribution is 6.30. The van der Waals surface area contributed by atoms with Gasteiger partial charge >= 0.3 is 0 Å². The quantitative estimate of drug-likeness (QED) is 0.480. The maximum Gasteiger partial charge on any atom is 0.254 e. The van der Waals surface area contributed by atoms with E-state index in [4.69, 9.17) is 20.9 Å². The molecule has 1 unspecified atom stereocenters. The van der Waals surface area contributed by atoms with Crippen molar-refractivity contribution in [2.75, 3.05) is 25.1 Å². The number of ether oxygens (including phenoxy) is 1. The standard InChI is InChI=1S/C20H20ClN7O2/c1-29-11-16-9-17(28-20(24-16)22-12-23-28)27-8-2-3-14(10-27)19-25-18(26-30-19)13-4-6-15(21)7-5-13/h4-7,9,12,14H,2-3,8,10-11H2,1H3. The van der Waals surface area contributed by atoms with Crippen LogP contribution in [0.1, 0.15) is 30.3 Å². The van der Waals surface area contributed by atoms with Gasteiger partial charge in [-0.2, -0.15) is 19.6 Å². The van der Waals surface area contributed by atoms with Gasteiger partial charge in [-0.3, -0.25) is 0 Å². The van der Waals surface area contributed by atoms with Crippen molar-refractivity contribution in [3.63, 3.8) is 0 Å². The zero-order valence-electron chi connectivity index (χ0n) is 16.4. The summed E-state index contributed by atoms with van der Waals surface area (Å²) in [6.45, 7) is 2.06. The van der Waals surface area contributed by atoms with Gasteiger partial charge in [0, 0.05) is 36.9 Å². The number of methoxy groups -OCH3 is 1. The number of nitrogens with zero attached hydrogens (tertiary/aromatic N) is 7. The van der Waals surface area contributed by atoms with Crippen LogP contribution in [0.4, 0.5) is 5.82 Å². The van der Waals surface area contributed by atoms with E-state index in [2.05, 4.69) is 30.1 Å². The van der Waals surface area contributed by atoms with E-state index in [9.17, 15) is 0 Å². The first-order valence-corrected chi connectivity index (χ1v) is 10.1. The first-order chi connectivity index (χ1) is 14.7. The third-order valence-electron chi connectivity index (χ3n) is 5.22. The van der Waals surface area contributed by atoms with Gasteiger partial charge in [0.05, 0.1) is 18.2 Å². The molecular weight excluding hydrogens is 406 g/mol. The topological polar surface area (TPSA) is 94.5 Å². The molecule has 4 heterocycles. The van der Waals surface area contributed by atoms with E-state index in [1.807, 2.05) is 30.3 Å². The molecule has 10 heteroatoms. The second-order valence-corrected chi connectivity index (χ2v) is 7.70. The second-order valence-electron chi connectivity index (χ2n) is 7.26. The minimum absolute atomic E-state index is 0.130. The van der Waals surface area contributed by atoms with Gasteiger partial charge in [-0.05, 0) is 37.1 Å². The molecule has 0 N–H and O–H groups in total. The normalized spacial score (nSPS) is 17.0. The van der Waals surface area contributed by atoms with Crippen molar-refractivity contribution in [3.05, 3.63) is 53.3 Å². The molecule has 0 spiro atoms. The van der Waals surface area contributed by atoms with Gasteiger partial charge in [-0.15, -0.1) is 0 Å². The average Bonchev–Trinajstić information content (AvgIpc) is 3.44. The molecule has 3 aromatic heterocycles. The molecule has 0 radical (unpaired) electrons. The molecule has 1 aliphatic rings. The number of piperidine rings is 1. The lowest BCUT2D eigenvalue weighted by atomic mass is 9.98. The number of anilines is 1. The summed E-state index contributed by atoms with van der Waals surface area (Å²) in [5.41, 5.74) is 1.70. The molecule has 154 valence electrons. The van der Waals surface area contributed by atoms with Crippen LogP contribution in [0.15, 0.2) is 41.2 Å². The first-order valence-electron chi connectivity index (χ1n) is 9.74. The molecule has 5 rings (SSSR count). The largest absolute Gasteiger partial charge is 0.378 e. The Morgan fingerprint density at radius 3 is 2.93 bits per heavy atom. The van der Waals surface area contributed by atoms with Gasteiger partial charge in [-0.25, -0.2) is 4.98 Å². The molecule has 0 aliphatic carbocycles. The smallest absolute Gasteiger partial charge is 0.254 e. The van der Waals surface area contributed by atoms with E-state index in [-0.39, 0.29) is 5.92 Å². The van der Waals surface area contributed by atoms with Crippen molar-refractivity contribution in [3.8, 4) is 11.4 Å². The van der Waals surface area contributed by atoms with E-state index in [0.29, 0.717) is 29.1 Å². The maximum atomic E-state index is 5.97. The van der Waals surface area contributed by atoms with Crippen LogP contribution in [0.5, 0.6) is 0 Å². The zero-order chi connectivity index (χ0) is 20.5. The average molecular weight is 426 g/mol. The van der Waals surface area contributed by atoms with Gasteiger partial charge in [0.1, 0.15) is 12.1 Å². The van der Waals surface area contributed by atoms with Crippen LogP contribution in [-0.2, 0) is 11.3 Å². The minimum atomic E-state index is 0.130. The molecule has 1 aliphatic heterocycles. The molecule has 1 aromatic carbocycles. The highest BCUT2D eigenvalue weighted by Gasteiger charge is 2.28. The fraction of sp³-hybridized carbons (Fsp3) is 0.350. The monoisotopic (exact) mass is 425 g/mol. The van der Waals surface area contributed by atoms with Crippen LogP contribution in [-0.4, -0.2) is 49.9 Å². The van der Waals surface area contributed by atoms with Crippen molar-refractivity contribution in [1.29, 1.82) is 0 Å². The predicted molar refractivity (Wildman–Crippen MR) is 110 cm³/mol. The van der Waals surface area contributed by atoms with Gasteiger partial charge < -0.3 is 14.2 Å². The molecule has 9 nitrogen and oxygen atoms in total. The molecule has 1 fully saturated rings. The Morgan fingerprint density at radius 2 is 2.10 bits per heavy atom. The van der Waals surface area contributed by atoms with Crippen LogP contribution in [0, 0.1) is 0 Å². The highest BCUT2D eigenvalue weighted by atomic mass is 35.5. The number of fused-ring (bicyclic) bond motifs is 1. The first kappa shape index (κ1) is 19.0. The fourth-order valence-electron chi connectivity index (χ4n) is 3.80. The maximum absolute atomic E-state index is 5.97. The molecule has 0 bridgehead atoms. The summed E-state index contributed by atoms with van der Waals surface area (Å²) in [6.07, 6.45) is 3.50. The van der Waals surface area contributed by atoms with E-state index < -0.39 is 0 Å². The summed E-state index contributed by atoms with van der Waals surface area (Å²) >= 11 is 5.97. The number of aromatic nitrogens is 6. The molecule has 0 amide bonds. The van der Waals surface area contributed by atoms with E-state index >= 15 is 0 Å². The number of hydrogen-bond acceptors (Lipinski definition) is 8. The lowest BCUT2D eigenvalue weighted by Gasteiger charge is -2.32. The number of benzene rings is 1. The highest BCUT2D eigenvalue weighted by Crippen LogP contribution is 2.31. The Morgan fingerprint density at radius 1 is 1.23 bits per heavy atom. The molecule has 30 heavy (non-hydrogen) atoms. The Labute approximate surface area is 177 Å². The Bertz CT molecular complexity index is 1160. The minimum Gasteiger partial charge on any atom is -0.378 e. The number of halogens is 1. The summed E-state index contributed by atoms with van der Waals surface area (Å²) in [6, 6.07) is 9.42. The predicted octanol–water partition coefficient (Wildman–Crippen LogP) is 3.36. The zero-order valence-corrected chi connectivity index (χ0v) is 17.2. The summed E-state index contributed by atoms with van der Waals surface area (Å²) in [4.78, 5) is 15.6. The third-order valence-corrected chi connectivity index (χ3v) is 5.47. The van der Waals surface area contributed by atoms with Crippen molar-refractivity contribution < 1.29 is 9.26 Å². The van der Waals surface area contributed by atoms with Crippen molar-refractivity contribution >= 4 is 23.2 Å². The molecule has 1 atom stereocenters. The van der Waals surface area contributed by atoms with Crippen molar-refractivity contribution in [2.45, 2.75) is 25.4 Å². The van der Waals surface area contributed by atoms with Crippen molar-refractivity contribution in [1.82, 2.24) is 29.7 Å². The van der Waals surface area contributed by atoms with Crippen LogP contribution in [0.3, 0.4) is 0 Å². The van der Waals surface area contributed by atoms with Gasteiger partial charge in [0.25, 0.3) is 5.78 Å².